The highest BCUT2D eigenvalue weighted by atomic mass is 16.5. The summed E-state index contributed by atoms with van der Waals surface area (Å²) in [5, 5.41) is 7.55. The van der Waals surface area contributed by atoms with Crippen LogP contribution in [0.25, 0.3) is 11.4 Å². The molecule has 1 fully saturated rings. The summed E-state index contributed by atoms with van der Waals surface area (Å²) in [7, 11) is 1.97. The fraction of sp³-hybridized carbons (Fsp3) is 0.400. The van der Waals surface area contributed by atoms with E-state index in [4.69, 9.17) is 4.52 Å². The van der Waals surface area contributed by atoms with Crippen LogP contribution in [-0.2, 0) is 6.54 Å². The van der Waals surface area contributed by atoms with Gasteiger partial charge in [0.1, 0.15) is 12.1 Å². The van der Waals surface area contributed by atoms with E-state index in [0.29, 0.717) is 24.2 Å². The molecule has 3 aromatic rings. The van der Waals surface area contributed by atoms with E-state index in [1.54, 1.807) is 6.33 Å². The van der Waals surface area contributed by atoms with Crippen molar-refractivity contribution in [3.05, 3.63) is 53.8 Å². The second kappa shape index (κ2) is 7.84. The Morgan fingerprint density at radius 2 is 2.19 bits per heavy atom. The van der Waals surface area contributed by atoms with Crippen LogP contribution in [0, 0.1) is 6.92 Å². The van der Waals surface area contributed by atoms with Gasteiger partial charge in [-0.15, -0.1) is 0 Å². The molecule has 140 valence electrons. The predicted molar refractivity (Wildman–Crippen MR) is 103 cm³/mol. The Morgan fingerprint density at radius 1 is 1.26 bits per heavy atom. The fourth-order valence-electron chi connectivity index (χ4n) is 3.40. The van der Waals surface area contributed by atoms with E-state index < -0.39 is 0 Å². The molecule has 2 aromatic heterocycles. The van der Waals surface area contributed by atoms with Gasteiger partial charge in [0, 0.05) is 31.1 Å². The maximum Gasteiger partial charge on any atom is 0.246 e. The molecule has 0 radical (unpaired) electrons. The van der Waals surface area contributed by atoms with Gasteiger partial charge in [0.15, 0.2) is 0 Å². The van der Waals surface area contributed by atoms with Crippen LogP contribution in [0.3, 0.4) is 0 Å². The number of nitrogens with zero attached hydrogens (tertiary/aromatic N) is 5. The Hall–Kier alpha value is -2.80. The highest BCUT2D eigenvalue weighted by molar-refractivity contribution is 5.55. The first kappa shape index (κ1) is 17.6. The quantitative estimate of drug-likeness (QED) is 0.745. The zero-order chi connectivity index (χ0) is 18.6. The van der Waals surface area contributed by atoms with Crippen molar-refractivity contribution in [1.29, 1.82) is 0 Å². The molecule has 0 bridgehead atoms. The van der Waals surface area contributed by atoms with E-state index in [1.165, 1.54) is 12.0 Å². The van der Waals surface area contributed by atoms with E-state index in [0.717, 1.165) is 36.6 Å². The molecule has 3 heterocycles. The van der Waals surface area contributed by atoms with Gasteiger partial charge < -0.3 is 14.7 Å². The van der Waals surface area contributed by atoms with E-state index >= 15 is 0 Å². The van der Waals surface area contributed by atoms with Crippen molar-refractivity contribution in [2.24, 2.45) is 0 Å². The summed E-state index contributed by atoms with van der Waals surface area (Å²) in [6.45, 7) is 4.61. The lowest BCUT2D eigenvalue weighted by Crippen LogP contribution is -2.29. The molecular formula is C20H24N6O. The lowest BCUT2D eigenvalue weighted by molar-refractivity contribution is 0.378. The molecule has 1 saturated heterocycles. The molecule has 0 saturated carbocycles. The lowest BCUT2D eigenvalue weighted by Gasteiger charge is -2.23. The first-order chi connectivity index (χ1) is 13.2. The Bertz CT molecular complexity index is 903. The third kappa shape index (κ3) is 4.14. The molecular weight excluding hydrogens is 340 g/mol. The maximum absolute atomic E-state index is 5.44. The third-order valence-corrected chi connectivity index (χ3v) is 4.90. The second-order valence-corrected chi connectivity index (χ2v) is 7.08. The molecule has 7 heteroatoms. The van der Waals surface area contributed by atoms with Crippen LogP contribution in [0.1, 0.15) is 35.9 Å². The number of piperidine rings is 1. The molecule has 0 aliphatic carbocycles. The van der Waals surface area contributed by atoms with Crippen molar-refractivity contribution in [2.45, 2.75) is 32.2 Å². The molecule has 1 aliphatic heterocycles. The standard InChI is InChI=1S/C20H24N6O/c1-14-5-3-6-15(9-14)20-24-19(27-25-20)12-26(2)18-10-17(22-13-23-18)16-7-4-8-21-11-16/h3,5-6,9-10,13,16,21H,4,7-8,11-12H2,1-2H3. The summed E-state index contributed by atoms with van der Waals surface area (Å²) in [6, 6.07) is 10.1. The SMILES string of the molecule is Cc1cccc(-c2noc(CN(C)c3cc(C4CCCNC4)ncn3)n2)c1. The van der Waals surface area contributed by atoms with Gasteiger partial charge in [-0.2, -0.15) is 4.98 Å². The third-order valence-electron chi connectivity index (χ3n) is 4.90. The number of benzene rings is 1. The molecule has 1 unspecified atom stereocenters. The molecule has 0 spiro atoms. The number of aromatic nitrogens is 4. The van der Waals surface area contributed by atoms with Crippen molar-refractivity contribution >= 4 is 5.82 Å². The number of nitrogens with one attached hydrogen (secondary N) is 1. The molecule has 1 aromatic carbocycles. The average molecular weight is 364 g/mol. The topological polar surface area (TPSA) is 80.0 Å². The number of hydrogen-bond acceptors (Lipinski definition) is 7. The molecule has 7 nitrogen and oxygen atoms in total. The van der Waals surface area contributed by atoms with Gasteiger partial charge >= 0.3 is 0 Å². The highest BCUT2D eigenvalue weighted by Gasteiger charge is 2.18. The van der Waals surface area contributed by atoms with Gasteiger partial charge in [0.2, 0.25) is 11.7 Å². The maximum atomic E-state index is 5.44. The summed E-state index contributed by atoms with van der Waals surface area (Å²) < 4.78 is 5.44. The van der Waals surface area contributed by atoms with Crippen molar-refractivity contribution in [1.82, 2.24) is 25.4 Å². The zero-order valence-corrected chi connectivity index (χ0v) is 15.7. The van der Waals surface area contributed by atoms with E-state index in [1.807, 2.05) is 43.1 Å². The summed E-state index contributed by atoms with van der Waals surface area (Å²) in [4.78, 5) is 15.4. The van der Waals surface area contributed by atoms with E-state index in [9.17, 15) is 0 Å². The normalized spacial score (nSPS) is 17.0. The van der Waals surface area contributed by atoms with Crippen molar-refractivity contribution < 1.29 is 4.52 Å². The Labute approximate surface area is 158 Å². The number of hydrogen-bond donors (Lipinski definition) is 1. The molecule has 1 N–H and O–H groups in total. The summed E-state index contributed by atoms with van der Waals surface area (Å²) in [6.07, 6.45) is 3.99. The number of rotatable bonds is 5. The van der Waals surface area contributed by atoms with Gasteiger partial charge in [0.25, 0.3) is 0 Å². The Kier molecular flexibility index (Phi) is 5.11. The van der Waals surface area contributed by atoms with Crippen molar-refractivity contribution in [3.8, 4) is 11.4 Å². The minimum absolute atomic E-state index is 0.449. The average Bonchev–Trinajstić information content (AvgIpc) is 3.17. The van der Waals surface area contributed by atoms with Crippen LogP contribution in [0.5, 0.6) is 0 Å². The van der Waals surface area contributed by atoms with Crippen molar-refractivity contribution in [2.75, 3.05) is 25.0 Å². The summed E-state index contributed by atoms with van der Waals surface area (Å²) >= 11 is 0. The minimum Gasteiger partial charge on any atom is -0.350 e. The number of aryl methyl sites for hydroxylation is 1. The number of anilines is 1. The first-order valence-electron chi connectivity index (χ1n) is 9.32. The van der Waals surface area contributed by atoms with Crippen LogP contribution in [0.4, 0.5) is 5.82 Å². The fourth-order valence-corrected chi connectivity index (χ4v) is 3.40. The van der Waals surface area contributed by atoms with E-state index in [2.05, 4.69) is 31.5 Å². The van der Waals surface area contributed by atoms with E-state index in [-0.39, 0.29) is 0 Å². The van der Waals surface area contributed by atoms with Gasteiger partial charge in [-0.3, -0.25) is 0 Å². The molecule has 0 amide bonds. The van der Waals surface area contributed by atoms with Crippen LogP contribution >= 0.6 is 0 Å². The van der Waals surface area contributed by atoms with Crippen LogP contribution in [0.2, 0.25) is 0 Å². The molecule has 1 aliphatic rings. The Balaban J connectivity index is 1.47. The molecule has 27 heavy (non-hydrogen) atoms. The molecule has 4 rings (SSSR count). The highest BCUT2D eigenvalue weighted by Crippen LogP contribution is 2.24. The largest absolute Gasteiger partial charge is 0.350 e. The molecule has 1 atom stereocenters. The summed E-state index contributed by atoms with van der Waals surface area (Å²) in [5.74, 6) is 2.48. The zero-order valence-electron chi connectivity index (χ0n) is 15.7. The van der Waals surface area contributed by atoms with Gasteiger partial charge in [-0.05, 0) is 32.4 Å². The van der Waals surface area contributed by atoms with Crippen LogP contribution in [-0.4, -0.2) is 40.2 Å². The summed E-state index contributed by atoms with van der Waals surface area (Å²) in [5.41, 5.74) is 3.22. The second-order valence-electron chi connectivity index (χ2n) is 7.08. The van der Waals surface area contributed by atoms with Crippen molar-refractivity contribution in [3.63, 3.8) is 0 Å². The smallest absolute Gasteiger partial charge is 0.246 e. The lowest BCUT2D eigenvalue weighted by atomic mass is 9.96. The van der Waals surface area contributed by atoms with Gasteiger partial charge in [-0.1, -0.05) is 28.9 Å². The van der Waals surface area contributed by atoms with Crippen LogP contribution in [0.15, 0.2) is 41.2 Å². The van der Waals surface area contributed by atoms with Gasteiger partial charge in [-0.25, -0.2) is 9.97 Å². The van der Waals surface area contributed by atoms with Crippen LogP contribution < -0.4 is 10.2 Å². The minimum atomic E-state index is 0.449. The van der Waals surface area contributed by atoms with Gasteiger partial charge in [0.05, 0.1) is 12.2 Å². The predicted octanol–water partition coefficient (Wildman–Crippen LogP) is 2.94. The Morgan fingerprint density at radius 3 is 3.00 bits per heavy atom. The first-order valence-corrected chi connectivity index (χ1v) is 9.32. The monoisotopic (exact) mass is 364 g/mol.